The standard InChI is InChI=1S/C28H32N6O4/c1-29-26-23-27(31-16-30-26)34(17-32-23)28-25(36)24(35)22(38-28)15-37-14-6-13-33-20-9-4-2-7-18(20)11-12-19-8-3-5-10-21(19)33/h2-5,7-10,16-17,22,24-25,28,35-36H,6,11-15H2,1H3,(H,29,30,31)/t22-,24-,25-,28-/m1/s1. The number of fused-ring (bicyclic) bond motifs is 3. The number of nitrogens with zero attached hydrogens (tertiary/aromatic N) is 5. The van der Waals surface area contributed by atoms with Gasteiger partial charge in [0, 0.05) is 31.6 Å². The van der Waals surface area contributed by atoms with E-state index in [1.54, 1.807) is 17.9 Å². The third-order valence-corrected chi connectivity index (χ3v) is 7.39. The highest BCUT2D eigenvalue weighted by Crippen LogP contribution is 2.36. The van der Waals surface area contributed by atoms with Crippen LogP contribution in [0.25, 0.3) is 11.2 Å². The first-order chi connectivity index (χ1) is 18.7. The van der Waals surface area contributed by atoms with Gasteiger partial charge in [-0.1, -0.05) is 36.4 Å². The maximum atomic E-state index is 10.7. The van der Waals surface area contributed by atoms with Crippen LogP contribution in [0.2, 0.25) is 0 Å². The van der Waals surface area contributed by atoms with Crippen molar-refractivity contribution in [3.63, 3.8) is 0 Å². The van der Waals surface area contributed by atoms with E-state index in [1.165, 1.54) is 28.8 Å². The SMILES string of the molecule is CNc1ncnc2c1ncn2[C@@H]1O[C@H](COCCCN2c3ccccc3CCc3ccccc32)[C@@H](O)[C@H]1O. The van der Waals surface area contributed by atoms with Gasteiger partial charge >= 0.3 is 0 Å². The zero-order valence-corrected chi connectivity index (χ0v) is 21.3. The lowest BCUT2D eigenvalue weighted by atomic mass is 10.0. The Kier molecular flexibility index (Phi) is 6.94. The topological polar surface area (TPSA) is 118 Å². The predicted molar refractivity (Wildman–Crippen MR) is 144 cm³/mol. The van der Waals surface area contributed by atoms with E-state index < -0.39 is 24.5 Å². The van der Waals surface area contributed by atoms with Gasteiger partial charge in [-0.2, -0.15) is 0 Å². The van der Waals surface area contributed by atoms with Crippen LogP contribution in [-0.2, 0) is 22.3 Å². The number of aryl methyl sites for hydroxylation is 2. The van der Waals surface area contributed by atoms with Crippen LogP contribution in [0.5, 0.6) is 0 Å². The molecule has 2 aromatic carbocycles. The molecular formula is C28H32N6O4. The highest BCUT2D eigenvalue weighted by molar-refractivity contribution is 5.82. The van der Waals surface area contributed by atoms with E-state index in [-0.39, 0.29) is 6.61 Å². The average Bonchev–Trinajstić information content (AvgIpc) is 3.45. The first-order valence-corrected chi connectivity index (χ1v) is 13.0. The van der Waals surface area contributed by atoms with Gasteiger partial charge in [0.05, 0.1) is 12.9 Å². The molecule has 4 heterocycles. The van der Waals surface area contributed by atoms with Gasteiger partial charge < -0.3 is 29.9 Å². The quantitative estimate of drug-likeness (QED) is 0.304. The van der Waals surface area contributed by atoms with Gasteiger partial charge in [0.1, 0.15) is 30.2 Å². The number of para-hydroxylation sites is 2. The molecule has 0 unspecified atom stereocenters. The molecule has 2 aliphatic heterocycles. The van der Waals surface area contributed by atoms with Gasteiger partial charge in [0.25, 0.3) is 0 Å². The highest BCUT2D eigenvalue weighted by atomic mass is 16.6. The monoisotopic (exact) mass is 516 g/mol. The molecule has 0 spiro atoms. The largest absolute Gasteiger partial charge is 0.387 e. The van der Waals surface area contributed by atoms with Crippen LogP contribution in [0, 0.1) is 0 Å². The maximum absolute atomic E-state index is 10.7. The Labute approximate surface area is 220 Å². The second-order valence-corrected chi connectivity index (χ2v) is 9.68. The van der Waals surface area contributed by atoms with E-state index in [1.807, 2.05) is 0 Å². The molecule has 0 aliphatic carbocycles. The molecule has 0 bridgehead atoms. The number of hydrogen-bond donors (Lipinski definition) is 3. The van der Waals surface area contributed by atoms with E-state index in [0.29, 0.717) is 23.6 Å². The molecule has 3 N–H and O–H groups in total. The number of anilines is 3. The van der Waals surface area contributed by atoms with Crippen molar-refractivity contribution in [1.82, 2.24) is 19.5 Å². The Bertz CT molecular complexity index is 1360. The summed E-state index contributed by atoms with van der Waals surface area (Å²) in [5, 5.41) is 24.4. The van der Waals surface area contributed by atoms with E-state index in [4.69, 9.17) is 9.47 Å². The number of hydrogen-bond acceptors (Lipinski definition) is 9. The molecule has 2 aliphatic rings. The second-order valence-electron chi connectivity index (χ2n) is 9.68. The molecule has 198 valence electrons. The predicted octanol–water partition coefficient (Wildman–Crippen LogP) is 2.83. The van der Waals surface area contributed by atoms with Crippen molar-refractivity contribution < 1.29 is 19.7 Å². The summed E-state index contributed by atoms with van der Waals surface area (Å²) in [5.41, 5.74) is 6.28. The lowest BCUT2D eigenvalue weighted by molar-refractivity contribution is -0.0654. The Morgan fingerprint density at radius 3 is 2.39 bits per heavy atom. The second kappa shape index (κ2) is 10.7. The van der Waals surface area contributed by atoms with Crippen LogP contribution in [0.1, 0.15) is 23.8 Å². The van der Waals surface area contributed by atoms with Gasteiger partial charge in [0.15, 0.2) is 17.7 Å². The third-order valence-electron chi connectivity index (χ3n) is 7.39. The van der Waals surface area contributed by atoms with Crippen molar-refractivity contribution >= 4 is 28.4 Å². The minimum Gasteiger partial charge on any atom is -0.387 e. The Morgan fingerprint density at radius 1 is 0.974 bits per heavy atom. The first-order valence-electron chi connectivity index (χ1n) is 13.0. The van der Waals surface area contributed by atoms with Crippen molar-refractivity contribution in [3.05, 3.63) is 72.3 Å². The number of benzene rings is 2. The minimum atomic E-state index is -1.14. The summed E-state index contributed by atoms with van der Waals surface area (Å²) >= 11 is 0. The molecule has 1 fully saturated rings. The van der Waals surface area contributed by atoms with Crippen LogP contribution in [0.4, 0.5) is 17.2 Å². The zero-order valence-electron chi connectivity index (χ0n) is 21.3. The molecule has 0 saturated carbocycles. The van der Waals surface area contributed by atoms with Crippen LogP contribution in [0.15, 0.2) is 61.2 Å². The van der Waals surface area contributed by atoms with E-state index in [9.17, 15) is 10.2 Å². The van der Waals surface area contributed by atoms with Crippen LogP contribution < -0.4 is 10.2 Å². The normalized spacial score (nSPS) is 22.8. The fourth-order valence-electron chi connectivity index (χ4n) is 5.45. The number of aliphatic hydroxyl groups is 2. The Balaban J connectivity index is 1.08. The van der Waals surface area contributed by atoms with E-state index in [2.05, 4.69) is 73.7 Å². The van der Waals surface area contributed by atoms with Crippen LogP contribution in [-0.4, -0.2) is 74.9 Å². The lowest BCUT2D eigenvalue weighted by Gasteiger charge is -2.27. The smallest absolute Gasteiger partial charge is 0.167 e. The van der Waals surface area contributed by atoms with Crippen molar-refractivity contribution in [2.45, 2.75) is 43.8 Å². The molecule has 4 aromatic rings. The molecule has 2 aromatic heterocycles. The summed E-state index contributed by atoms with van der Waals surface area (Å²) in [7, 11) is 1.75. The van der Waals surface area contributed by atoms with Crippen molar-refractivity contribution in [3.8, 4) is 0 Å². The highest BCUT2D eigenvalue weighted by Gasteiger charge is 2.44. The summed E-state index contributed by atoms with van der Waals surface area (Å²) in [4.78, 5) is 15.2. The lowest BCUT2D eigenvalue weighted by Crippen LogP contribution is -2.34. The molecule has 10 heteroatoms. The van der Waals surface area contributed by atoms with Gasteiger partial charge in [-0.3, -0.25) is 4.57 Å². The molecule has 10 nitrogen and oxygen atoms in total. The molecule has 38 heavy (non-hydrogen) atoms. The van der Waals surface area contributed by atoms with Gasteiger partial charge in [0.2, 0.25) is 0 Å². The van der Waals surface area contributed by atoms with Gasteiger partial charge in [-0.25, -0.2) is 15.0 Å². The van der Waals surface area contributed by atoms with Crippen LogP contribution >= 0.6 is 0 Å². The van der Waals surface area contributed by atoms with Gasteiger partial charge in [-0.15, -0.1) is 0 Å². The van der Waals surface area contributed by atoms with Crippen molar-refractivity contribution in [2.24, 2.45) is 0 Å². The molecule has 1 saturated heterocycles. The fourth-order valence-corrected chi connectivity index (χ4v) is 5.45. The number of imidazole rings is 1. The van der Waals surface area contributed by atoms with Crippen LogP contribution in [0.3, 0.4) is 0 Å². The molecule has 4 atom stereocenters. The molecular weight excluding hydrogens is 484 g/mol. The Hall–Kier alpha value is -3.57. The van der Waals surface area contributed by atoms with Gasteiger partial charge in [-0.05, 0) is 42.5 Å². The summed E-state index contributed by atoms with van der Waals surface area (Å²) < 4.78 is 13.6. The van der Waals surface area contributed by atoms with E-state index >= 15 is 0 Å². The zero-order chi connectivity index (χ0) is 26.1. The van der Waals surface area contributed by atoms with Crippen molar-refractivity contribution in [1.29, 1.82) is 0 Å². The first kappa shape index (κ1) is 24.7. The Morgan fingerprint density at radius 2 is 1.68 bits per heavy atom. The maximum Gasteiger partial charge on any atom is 0.167 e. The summed E-state index contributed by atoms with van der Waals surface area (Å²) in [5.74, 6) is 0.580. The number of nitrogens with one attached hydrogen (secondary N) is 1. The number of ether oxygens (including phenoxy) is 2. The summed E-state index contributed by atoms with van der Waals surface area (Å²) in [6.07, 6.45) is 2.09. The molecule has 0 radical (unpaired) electrons. The molecule has 6 rings (SSSR count). The minimum absolute atomic E-state index is 0.172. The number of aliphatic hydroxyl groups excluding tert-OH is 2. The third kappa shape index (κ3) is 4.49. The number of aromatic nitrogens is 4. The molecule has 0 amide bonds. The average molecular weight is 517 g/mol. The van der Waals surface area contributed by atoms with E-state index in [0.717, 1.165) is 25.8 Å². The summed E-state index contributed by atoms with van der Waals surface area (Å²) in [6.45, 7) is 1.48. The summed E-state index contributed by atoms with van der Waals surface area (Å²) in [6, 6.07) is 17.2. The number of rotatable bonds is 8. The van der Waals surface area contributed by atoms with Crippen molar-refractivity contribution in [2.75, 3.05) is 37.0 Å². The fraction of sp³-hybridized carbons (Fsp3) is 0.393.